The van der Waals surface area contributed by atoms with Crippen LogP contribution in [0.4, 0.5) is 0 Å². The number of hydrogen-bond donors (Lipinski definition) is 0. The topological polar surface area (TPSA) is 60.7 Å². The molecule has 0 aliphatic carbocycles. The fourth-order valence-electron chi connectivity index (χ4n) is 1.10. The third-order valence-corrected chi connectivity index (χ3v) is 2.30. The smallest absolute Gasteiger partial charge is 0.191 e. The first-order valence-corrected chi connectivity index (χ1v) is 5.34. The molecule has 2 aromatic heterocycles. The molecule has 2 heterocycles. The molecule has 6 heteroatoms. The van der Waals surface area contributed by atoms with Crippen LogP contribution in [0.15, 0.2) is 30.9 Å². The van der Waals surface area contributed by atoms with Crippen molar-refractivity contribution in [1.29, 1.82) is 0 Å². The van der Waals surface area contributed by atoms with Crippen molar-refractivity contribution in [3.8, 4) is 5.82 Å². The Morgan fingerprint density at radius 1 is 1.47 bits per heavy atom. The summed E-state index contributed by atoms with van der Waals surface area (Å²) in [7, 11) is 0. The number of carbonyl (C=O) groups excluding carboxylic acids is 1. The van der Waals surface area contributed by atoms with E-state index < -0.39 is 0 Å². The van der Waals surface area contributed by atoms with Crippen LogP contribution in [0, 0.1) is 0 Å². The number of ketones is 1. The van der Waals surface area contributed by atoms with Gasteiger partial charge in [0.2, 0.25) is 0 Å². The van der Waals surface area contributed by atoms with E-state index in [4.69, 9.17) is 0 Å². The summed E-state index contributed by atoms with van der Waals surface area (Å²) in [6.07, 6.45) is 2.95. The van der Waals surface area contributed by atoms with Gasteiger partial charge in [-0.3, -0.25) is 4.79 Å². The Hall–Kier alpha value is -1.56. The van der Waals surface area contributed by atoms with E-state index in [1.54, 1.807) is 18.2 Å². The molecule has 0 radical (unpaired) electrons. The second kappa shape index (κ2) is 4.31. The van der Waals surface area contributed by atoms with E-state index in [1.165, 1.54) is 17.3 Å². The van der Waals surface area contributed by atoms with Crippen molar-refractivity contribution in [3.63, 3.8) is 0 Å². The summed E-state index contributed by atoms with van der Waals surface area (Å²) in [5, 5.41) is 4.20. The molecule has 0 atom stereocenters. The summed E-state index contributed by atoms with van der Waals surface area (Å²) >= 11 is 3.10. The second-order valence-electron chi connectivity index (χ2n) is 2.78. The summed E-state index contributed by atoms with van der Waals surface area (Å²) in [6.45, 7) is 0. The minimum Gasteiger partial charge on any atom is -0.291 e. The first kappa shape index (κ1) is 9.97. The molecule has 5 nitrogen and oxygen atoms in total. The maximum atomic E-state index is 11.4. The van der Waals surface area contributed by atoms with Gasteiger partial charge in [0.05, 0.1) is 5.33 Å². The van der Waals surface area contributed by atoms with E-state index in [-0.39, 0.29) is 11.1 Å². The lowest BCUT2D eigenvalue weighted by Crippen LogP contribution is -2.06. The molecular weight excluding hydrogens is 260 g/mol. The molecule has 2 aromatic rings. The molecule has 0 amide bonds. The minimum atomic E-state index is -0.0584. The molecule has 0 spiro atoms. The number of nitrogens with zero attached hydrogens (tertiary/aromatic N) is 4. The summed E-state index contributed by atoms with van der Waals surface area (Å²) in [4.78, 5) is 19.4. The van der Waals surface area contributed by atoms with Crippen LogP contribution in [0.5, 0.6) is 0 Å². The van der Waals surface area contributed by atoms with Gasteiger partial charge < -0.3 is 0 Å². The molecule has 0 aromatic carbocycles. The summed E-state index contributed by atoms with van der Waals surface area (Å²) in [6, 6.07) is 5.20. The minimum absolute atomic E-state index is 0.0584. The number of carbonyl (C=O) groups is 1. The van der Waals surface area contributed by atoms with Crippen molar-refractivity contribution >= 4 is 21.7 Å². The normalized spacial score (nSPS) is 10.2. The maximum absolute atomic E-state index is 11.4. The lowest BCUT2D eigenvalue weighted by atomic mass is 10.3. The summed E-state index contributed by atoms with van der Waals surface area (Å²) in [5.41, 5.74) is 0.417. The van der Waals surface area contributed by atoms with Crippen molar-refractivity contribution in [1.82, 2.24) is 19.7 Å². The molecule has 0 saturated carbocycles. The predicted octanol–water partition coefficient (Wildman–Crippen LogP) is 1.24. The Kier molecular flexibility index (Phi) is 2.86. The van der Waals surface area contributed by atoms with Crippen molar-refractivity contribution in [3.05, 3.63) is 36.5 Å². The van der Waals surface area contributed by atoms with Gasteiger partial charge in [0, 0.05) is 0 Å². The molecule has 0 fully saturated rings. The standard InChI is InChI=1S/C9H7BrN4O/c10-4-8(15)7-2-1-3-9(13-7)14-6-11-5-12-14/h1-3,5-6H,4H2. The van der Waals surface area contributed by atoms with Crippen LogP contribution in [0.25, 0.3) is 5.82 Å². The van der Waals surface area contributed by atoms with Gasteiger partial charge in [-0.2, -0.15) is 5.10 Å². The van der Waals surface area contributed by atoms with Crippen LogP contribution >= 0.6 is 15.9 Å². The molecule has 15 heavy (non-hydrogen) atoms. The highest BCUT2D eigenvalue weighted by atomic mass is 79.9. The Morgan fingerprint density at radius 2 is 2.33 bits per heavy atom. The van der Waals surface area contributed by atoms with Gasteiger partial charge >= 0.3 is 0 Å². The first-order valence-electron chi connectivity index (χ1n) is 4.22. The zero-order chi connectivity index (χ0) is 10.7. The SMILES string of the molecule is O=C(CBr)c1cccc(-n2cncn2)n1. The highest BCUT2D eigenvalue weighted by molar-refractivity contribution is 9.09. The van der Waals surface area contributed by atoms with E-state index in [2.05, 4.69) is 31.0 Å². The van der Waals surface area contributed by atoms with Gasteiger partial charge in [-0.05, 0) is 12.1 Å². The average molecular weight is 267 g/mol. The fraction of sp³-hybridized carbons (Fsp3) is 0.111. The largest absolute Gasteiger partial charge is 0.291 e. The molecule has 0 aliphatic rings. The van der Waals surface area contributed by atoms with E-state index in [0.29, 0.717) is 11.5 Å². The highest BCUT2D eigenvalue weighted by Gasteiger charge is 2.07. The van der Waals surface area contributed by atoms with Crippen LogP contribution in [-0.4, -0.2) is 30.9 Å². The maximum Gasteiger partial charge on any atom is 0.191 e. The second-order valence-corrected chi connectivity index (χ2v) is 3.34. The van der Waals surface area contributed by atoms with Gasteiger partial charge in [-0.1, -0.05) is 22.0 Å². The fourth-order valence-corrected chi connectivity index (χ4v) is 1.39. The number of hydrogen-bond acceptors (Lipinski definition) is 4. The number of halogens is 1. The Bertz CT molecular complexity index is 469. The number of Topliss-reactive ketones (excluding diaryl/α,β-unsaturated/α-hetero) is 1. The van der Waals surface area contributed by atoms with E-state index in [9.17, 15) is 4.79 Å². The molecule has 0 unspecified atom stereocenters. The number of alkyl halides is 1. The van der Waals surface area contributed by atoms with Gasteiger partial charge in [0.1, 0.15) is 18.3 Å². The lowest BCUT2D eigenvalue weighted by Gasteiger charge is -2.01. The highest BCUT2D eigenvalue weighted by Crippen LogP contribution is 2.05. The molecule has 0 aliphatic heterocycles. The third kappa shape index (κ3) is 2.10. The summed E-state index contributed by atoms with van der Waals surface area (Å²) in [5.74, 6) is 0.524. The first-order chi connectivity index (χ1) is 7.31. The molecule has 76 valence electrons. The third-order valence-electron chi connectivity index (χ3n) is 1.79. The quantitative estimate of drug-likeness (QED) is 0.620. The monoisotopic (exact) mass is 266 g/mol. The van der Waals surface area contributed by atoms with Crippen molar-refractivity contribution < 1.29 is 4.79 Å². The van der Waals surface area contributed by atoms with Crippen molar-refractivity contribution in [2.24, 2.45) is 0 Å². The Morgan fingerprint density at radius 3 is 3.00 bits per heavy atom. The van der Waals surface area contributed by atoms with Crippen LogP contribution in [0.3, 0.4) is 0 Å². The molecule has 0 bridgehead atoms. The van der Waals surface area contributed by atoms with Gasteiger partial charge in [-0.25, -0.2) is 14.6 Å². The molecule has 0 saturated heterocycles. The predicted molar refractivity (Wildman–Crippen MR) is 57.3 cm³/mol. The molecular formula is C9H7BrN4O. The summed E-state index contributed by atoms with van der Waals surface area (Å²) < 4.78 is 1.50. The van der Waals surface area contributed by atoms with Gasteiger partial charge in [0.25, 0.3) is 0 Å². The van der Waals surface area contributed by atoms with Gasteiger partial charge in [0.15, 0.2) is 11.6 Å². The van der Waals surface area contributed by atoms with Crippen LogP contribution in [-0.2, 0) is 0 Å². The number of rotatable bonds is 3. The molecule has 0 N–H and O–H groups in total. The van der Waals surface area contributed by atoms with Crippen molar-refractivity contribution in [2.75, 3.05) is 5.33 Å². The zero-order valence-corrected chi connectivity index (χ0v) is 9.25. The Balaban J connectivity index is 2.39. The van der Waals surface area contributed by atoms with Crippen LogP contribution in [0.2, 0.25) is 0 Å². The number of aromatic nitrogens is 4. The van der Waals surface area contributed by atoms with Gasteiger partial charge in [-0.15, -0.1) is 0 Å². The average Bonchev–Trinajstić information content (AvgIpc) is 2.82. The molecule has 2 rings (SSSR count). The van der Waals surface area contributed by atoms with E-state index >= 15 is 0 Å². The van der Waals surface area contributed by atoms with Crippen LogP contribution < -0.4 is 0 Å². The zero-order valence-electron chi connectivity index (χ0n) is 7.67. The lowest BCUT2D eigenvalue weighted by molar-refractivity contribution is 0.101. The Labute approximate surface area is 94.3 Å². The van der Waals surface area contributed by atoms with Crippen LogP contribution in [0.1, 0.15) is 10.5 Å². The van der Waals surface area contributed by atoms with E-state index in [1.807, 2.05) is 0 Å². The van der Waals surface area contributed by atoms with E-state index in [0.717, 1.165) is 0 Å². The van der Waals surface area contributed by atoms with Crippen molar-refractivity contribution in [2.45, 2.75) is 0 Å². The number of pyridine rings is 1.